The Balaban J connectivity index is 2.25. The third-order valence-corrected chi connectivity index (χ3v) is 3.52. The molecule has 0 aromatic carbocycles. The molecule has 0 aliphatic carbocycles. The van der Waals surface area contributed by atoms with Crippen molar-refractivity contribution in [3.05, 3.63) is 32.7 Å². The Hall–Kier alpha value is -2.34. The molecule has 22 heavy (non-hydrogen) atoms. The summed E-state index contributed by atoms with van der Waals surface area (Å²) in [7, 11) is 0. The third-order valence-electron chi connectivity index (χ3n) is 3.52. The topological polar surface area (TPSA) is 177 Å². The number of hydrogen-bond acceptors (Lipinski definition) is 8. The van der Waals surface area contributed by atoms with Crippen LogP contribution in [-0.2, 0) is 4.74 Å². The highest BCUT2D eigenvalue weighted by atomic mass is 16.6. The zero-order valence-corrected chi connectivity index (χ0v) is 11.1. The van der Waals surface area contributed by atoms with Gasteiger partial charge in [0, 0.05) is 0 Å². The van der Waals surface area contributed by atoms with Crippen LogP contribution in [0.2, 0.25) is 0 Å². The molecular weight excluding hydrogens is 298 g/mol. The van der Waals surface area contributed by atoms with Gasteiger partial charge in [-0.15, -0.1) is 0 Å². The smallest absolute Gasteiger partial charge is 0.327 e. The average Bonchev–Trinajstić information content (AvgIpc) is 2.75. The summed E-state index contributed by atoms with van der Waals surface area (Å²) < 4.78 is 6.46. The lowest BCUT2D eigenvalue weighted by Crippen LogP contribution is -2.35. The number of ether oxygens (including phenoxy) is 1. The van der Waals surface area contributed by atoms with Gasteiger partial charge in [0.15, 0.2) is 11.7 Å². The van der Waals surface area contributed by atoms with Crippen molar-refractivity contribution in [2.75, 3.05) is 6.61 Å². The molecule has 0 saturated carbocycles. The number of aliphatic hydroxyl groups is 3. The van der Waals surface area contributed by atoms with E-state index in [4.69, 9.17) is 15.3 Å². The van der Waals surface area contributed by atoms with Crippen molar-refractivity contribution in [2.24, 2.45) is 0 Å². The summed E-state index contributed by atoms with van der Waals surface area (Å²) in [6, 6.07) is 0. The summed E-state index contributed by atoms with van der Waals surface area (Å²) in [5.41, 5.74) is -2.06. The zero-order chi connectivity index (χ0) is 16.0. The van der Waals surface area contributed by atoms with Gasteiger partial charge in [-0.25, -0.2) is 9.78 Å². The van der Waals surface area contributed by atoms with E-state index in [-0.39, 0.29) is 16.5 Å². The molecule has 0 amide bonds. The SMILES string of the molecule is N=c1ncn([C@H]2O[C@@H](CO)[C@H](O)[C@@H]2O)c2[nH]c(=O)[nH]c(=O)c12. The number of aromatic amines is 2. The van der Waals surface area contributed by atoms with Crippen LogP contribution in [0.15, 0.2) is 15.9 Å². The molecule has 0 spiro atoms. The molecule has 1 fully saturated rings. The molecule has 0 bridgehead atoms. The molecule has 118 valence electrons. The van der Waals surface area contributed by atoms with Gasteiger partial charge in [-0.2, -0.15) is 0 Å². The van der Waals surface area contributed by atoms with E-state index >= 15 is 0 Å². The molecule has 0 unspecified atom stereocenters. The van der Waals surface area contributed by atoms with Crippen LogP contribution in [0.4, 0.5) is 0 Å². The second kappa shape index (κ2) is 5.14. The normalized spacial score (nSPS) is 28.3. The van der Waals surface area contributed by atoms with E-state index in [0.717, 1.165) is 10.9 Å². The van der Waals surface area contributed by atoms with Crippen LogP contribution in [0.1, 0.15) is 6.23 Å². The highest BCUT2D eigenvalue weighted by Crippen LogP contribution is 2.29. The van der Waals surface area contributed by atoms with Gasteiger partial charge in [-0.1, -0.05) is 0 Å². The maximum absolute atomic E-state index is 11.8. The van der Waals surface area contributed by atoms with Crippen LogP contribution in [0.25, 0.3) is 11.0 Å². The number of nitrogens with one attached hydrogen (secondary N) is 3. The number of aromatic nitrogens is 4. The fourth-order valence-corrected chi connectivity index (χ4v) is 2.43. The number of rotatable bonds is 2. The summed E-state index contributed by atoms with van der Waals surface area (Å²) in [4.78, 5) is 31.3. The Kier molecular flexibility index (Phi) is 3.41. The van der Waals surface area contributed by atoms with Gasteiger partial charge >= 0.3 is 5.69 Å². The second-order valence-electron chi connectivity index (χ2n) is 4.86. The zero-order valence-electron chi connectivity index (χ0n) is 11.1. The van der Waals surface area contributed by atoms with E-state index in [1.807, 2.05) is 4.98 Å². The predicted octanol–water partition coefficient (Wildman–Crippen LogP) is -3.50. The third kappa shape index (κ3) is 2.07. The first-order valence-corrected chi connectivity index (χ1v) is 6.34. The Bertz CT molecular complexity index is 885. The van der Waals surface area contributed by atoms with E-state index in [1.165, 1.54) is 0 Å². The van der Waals surface area contributed by atoms with Crippen molar-refractivity contribution in [2.45, 2.75) is 24.5 Å². The van der Waals surface area contributed by atoms with E-state index in [1.54, 1.807) is 0 Å². The molecule has 1 aliphatic heterocycles. The number of H-pyrrole nitrogens is 2. The predicted molar refractivity (Wildman–Crippen MR) is 69.8 cm³/mol. The molecular formula is C11H13N5O6. The minimum Gasteiger partial charge on any atom is -0.394 e. The van der Waals surface area contributed by atoms with E-state index in [0.29, 0.717) is 0 Å². The van der Waals surface area contributed by atoms with Crippen LogP contribution in [0.3, 0.4) is 0 Å². The summed E-state index contributed by atoms with van der Waals surface area (Å²) in [6.45, 7) is -0.520. The Morgan fingerprint density at radius 3 is 2.68 bits per heavy atom. The fourth-order valence-electron chi connectivity index (χ4n) is 2.43. The molecule has 6 N–H and O–H groups in total. The molecule has 0 radical (unpaired) electrons. The molecule has 2 aromatic heterocycles. The van der Waals surface area contributed by atoms with Crippen molar-refractivity contribution in [3.63, 3.8) is 0 Å². The van der Waals surface area contributed by atoms with Crippen molar-refractivity contribution >= 4 is 11.0 Å². The summed E-state index contributed by atoms with van der Waals surface area (Å²) in [5.74, 6) is 0. The Morgan fingerprint density at radius 1 is 1.32 bits per heavy atom. The number of hydrogen-bond donors (Lipinski definition) is 6. The molecule has 3 rings (SSSR count). The highest BCUT2D eigenvalue weighted by molar-refractivity contribution is 5.71. The number of nitrogens with zero attached hydrogens (tertiary/aromatic N) is 2. The number of aliphatic hydroxyl groups excluding tert-OH is 3. The minimum atomic E-state index is -1.41. The molecule has 1 aliphatic rings. The molecule has 11 nitrogen and oxygen atoms in total. The van der Waals surface area contributed by atoms with Gasteiger partial charge in [0.25, 0.3) is 5.56 Å². The first-order chi connectivity index (χ1) is 10.4. The number of fused-ring (bicyclic) bond motifs is 1. The van der Waals surface area contributed by atoms with E-state index < -0.39 is 42.4 Å². The van der Waals surface area contributed by atoms with E-state index in [9.17, 15) is 19.8 Å². The summed E-state index contributed by atoms with van der Waals surface area (Å²) >= 11 is 0. The van der Waals surface area contributed by atoms with Gasteiger partial charge in [0.05, 0.1) is 6.61 Å². The molecule has 1 saturated heterocycles. The van der Waals surface area contributed by atoms with Crippen molar-refractivity contribution in [1.29, 1.82) is 5.41 Å². The van der Waals surface area contributed by atoms with Crippen molar-refractivity contribution < 1.29 is 20.1 Å². The van der Waals surface area contributed by atoms with Gasteiger partial charge in [0.2, 0.25) is 0 Å². The summed E-state index contributed by atoms with van der Waals surface area (Å²) in [5, 5.41) is 36.4. The van der Waals surface area contributed by atoms with Crippen LogP contribution in [0, 0.1) is 5.41 Å². The van der Waals surface area contributed by atoms with Gasteiger partial charge < -0.3 is 20.1 Å². The van der Waals surface area contributed by atoms with Crippen LogP contribution < -0.4 is 16.7 Å². The quantitative estimate of drug-likeness (QED) is 0.333. The van der Waals surface area contributed by atoms with E-state index in [2.05, 4.69) is 9.97 Å². The van der Waals surface area contributed by atoms with Gasteiger partial charge in [0.1, 0.15) is 35.7 Å². The minimum absolute atomic E-state index is 0.0800. The van der Waals surface area contributed by atoms with Crippen LogP contribution in [0.5, 0.6) is 0 Å². The monoisotopic (exact) mass is 311 g/mol. The first-order valence-electron chi connectivity index (χ1n) is 6.34. The average molecular weight is 311 g/mol. The van der Waals surface area contributed by atoms with Gasteiger partial charge in [-0.3, -0.25) is 24.7 Å². The highest BCUT2D eigenvalue weighted by Gasteiger charge is 2.43. The first kappa shape index (κ1) is 14.6. The molecule has 11 heteroatoms. The van der Waals surface area contributed by atoms with Crippen LogP contribution in [-0.4, -0.2) is 59.8 Å². The maximum atomic E-state index is 11.8. The standard InChI is InChI=1S/C11H13N5O6/c12-7-4-8(14-11(21)15-9(4)20)16(2-13-7)10-6(19)5(18)3(1-17)22-10/h2-3,5-6,10,12,17-19H,1H2,(H2,14,15,20,21)/t3-,5-,6-,10-/m0/s1. The second-order valence-corrected chi connectivity index (χ2v) is 4.86. The maximum Gasteiger partial charge on any atom is 0.327 e. The lowest BCUT2D eigenvalue weighted by Gasteiger charge is -2.19. The van der Waals surface area contributed by atoms with Gasteiger partial charge in [-0.05, 0) is 0 Å². The Labute approximate surface area is 121 Å². The Morgan fingerprint density at radius 2 is 2.05 bits per heavy atom. The lowest BCUT2D eigenvalue weighted by molar-refractivity contribution is -0.0515. The molecule has 3 heterocycles. The molecule has 2 aromatic rings. The van der Waals surface area contributed by atoms with Crippen molar-refractivity contribution in [3.8, 4) is 0 Å². The fraction of sp³-hybridized carbons (Fsp3) is 0.455. The lowest BCUT2D eigenvalue weighted by atomic mass is 10.1. The van der Waals surface area contributed by atoms with Crippen molar-refractivity contribution in [1.82, 2.24) is 19.5 Å². The summed E-state index contributed by atoms with van der Waals surface area (Å²) in [6.07, 6.45) is -3.86. The van der Waals surface area contributed by atoms with Crippen LogP contribution >= 0.6 is 0 Å². The molecule has 4 atom stereocenters. The largest absolute Gasteiger partial charge is 0.394 e.